The molecule has 0 aliphatic carbocycles. The Morgan fingerprint density at radius 3 is 2.85 bits per heavy atom. The van der Waals surface area contributed by atoms with Gasteiger partial charge >= 0.3 is 0 Å². The highest BCUT2D eigenvalue weighted by Crippen LogP contribution is 2.11. The first-order valence-corrected chi connectivity index (χ1v) is 4.50. The lowest BCUT2D eigenvalue weighted by atomic mass is 10.0. The Bertz CT molecular complexity index is 331. The molecule has 0 saturated heterocycles. The standard InChI is InChI=1S/C12H13N/c1-2-3-6-11-7-4-5-8-12(11)9-10-13/h3-8H,2,9H2,1H3/b6-3+. The van der Waals surface area contributed by atoms with Crippen molar-refractivity contribution >= 4 is 6.08 Å². The predicted molar refractivity (Wildman–Crippen MR) is 55.1 cm³/mol. The van der Waals surface area contributed by atoms with E-state index in [1.165, 1.54) is 0 Å². The fourth-order valence-electron chi connectivity index (χ4n) is 1.19. The molecule has 0 aliphatic rings. The van der Waals surface area contributed by atoms with Crippen LogP contribution in [0.1, 0.15) is 24.5 Å². The summed E-state index contributed by atoms with van der Waals surface area (Å²) in [5.74, 6) is 0. The van der Waals surface area contributed by atoms with Gasteiger partial charge in [0.05, 0.1) is 12.5 Å². The van der Waals surface area contributed by atoms with Crippen LogP contribution in [-0.2, 0) is 6.42 Å². The van der Waals surface area contributed by atoms with Gasteiger partial charge in [0.2, 0.25) is 0 Å². The van der Waals surface area contributed by atoms with Crippen molar-refractivity contribution in [2.75, 3.05) is 0 Å². The van der Waals surface area contributed by atoms with Crippen LogP contribution in [0.5, 0.6) is 0 Å². The summed E-state index contributed by atoms with van der Waals surface area (Å²) < 4.78 is 0. The van der Waals surface area contributed by atoms with E-state index in [0.29, 0.717) is 6.42 Å². The fourth-order valence-corrected chi connectivity index (χ4v) is 1.19. The number of hydrogen-bond donors (Lipinski definition) is 0. The van der Waals surface area contributed by atoms with Crippen molar-refractivity contribution in [1.29, 1.82) is 5.26 Å². The fraction of sp³-hybridized carbons (Fsp3) is 0.250. The Morgan fingerprint density at radius 1 is 1.38 bits per heavy atom. The van der Waals surface area contributed by atoms with Gasteiger partial charge < -0.3 is 0 Å². The van der Waals surface area contributed by atoms with Crippen LogP contribution in [0.3, 0.4) is 0 Å². The average Bonchev–Trinajstić information content (AvgIpc) is 2.17. The minimum absolute atomic E-state index is 0.490. The molecule has 0 fully saturated rings. The minimum Gasteiger partial charge on any atom is -0.198 e. The quantitative estimate of drug-likeness (QED) is 0.685. The normalized spacial score (nSPS) is 10.2. The second-order valence-corrected chi connectivity index (χ2v) is 2.84. The van der Waals surface area contributed by atoms with Gasteiger partial charge in [0, 0.05) is 0 Å². The van der Waals surface area contributed by atoms with Gasteiger partial charge in [-0.05, 0) is 17.5 Å². The van der Waals surface area contributed by atoms with Crippen molar-refractivity contribution < 1.29 is 0 Å². The van der Waals surface area contributed by atoms with Gasteiger partial charge in [0.25, 0.3) is 0 Å². The van der Waals surface area contributed by atoms with Crippen molar-refractivity contribution in [1.82, 2.24) is 0 Å². The molecule has 1 aromatic carbocycles. The number of benzene rings is 1. The summed E-state index contributed by atoms with van der Waals surface area (Å²) in [5.41, 5.74) is 2.26. The maximum Gasteiger partial charge on any atom is 0.0669 e. The molecule has 0 spiro atoms. The molecule has 0 heterocycles. The van der Waals surface area contributed by atoms with Crippen LogP contribution in [0.2, 0.25) is 0 Å². The zero-order valence-electron chi connectivity index (χ0n) is 7.83. The SMILES string of the molecule is CC/C=C/c1ccccc1CC#N. The third-order valence-electron chi connectivity index (χ3n) is 1.86. The van der Waals surface area contributed by atoms with E-state index >= 15 is 0 Å². The maximum absolute atomic E-state index is 8.60. The van der Waals surface area contributed by atoms with E-state index in [1.54, 1.807) is 0 Å². The molecule has 0 bridgehead atoms. The molecule has 0 N–H and O–H groups in total. The van der Waals surface area contributed by atoms with Crippen LogP contribution in [0.25, 0.3) is 6.08 Å². The molecule has 0 aliphatic heterocycles. The smallest absolute Gasteiger partial charge is 0.0669 e. The highest BCUT2D eigenvalue weighted by Gasteiger charge is 1.95. The van der Waals surface area contributed by atoms with E-state index in [2.05, 4.69) is 25.1 Å². The van der Waals surface area contributed by atoms with E-state index in [9.17, 15) is 0 Å². The summed E-state index contributed by atoms with van der Waals surface area (Å²) in [7, 11) is 0. The molecule has 1 rings (SSSR count). The van der Waals surface area contributed by atoms with Crippen LogP contribution < -0.4 is 0 Å². The summed E-state index contributed by atoms with van der Waals surface area (Å²) in [6.45, 7) is 2.10. The van der Waals surface area contributed by atoms with Crippen molar-refractivity contribution in [3.8, 4) is 6.07 Å². The van der Waals surface area contributed by atoms with Gasteiger partial charge in [-0.15, -0.1) is 0 Å². The first-order valence-electron chi connectivity index (χ1n) is 4.50. The molecule has 0 amide bonds. The van der Waals surface area contributed by atoms with Crippen LogP contribution in [0.4, 0.5) is 0 Å². The van der Waals surface area contributed by atoms with Crippen molar-refractivity contribution in [3.05, 3.63) is 41.5 Å². The molecule has 1 aromatic rings. The molecule has 0 radical (unpaired) electrons. The van der Waals surface area contributed by atoms with Gasteiger partial charge in [-0.3, -0.25) is 0 Å². The number of rotatable bonds is 3. The molecule has 1 heteroatoms. The Hall–Kier alpha value is -1.55. The number of hydrogen-bond acceptors (Lipinski definition) is 1. The summed E-state index contributed by atoms with van der Waals surface area (Å²) in [6, 6.07) is 10.2. The highest BCUT2D eigenvalue weighted by molar-refractivity contribution is 5.54. The maximum atomic E-state index is 8.60. The van der Waals surface area contributed by atoms with E-state index in [1.807, 2.05) is 24.3 Å². The van der Waals surface area contributed by atoms with Crippen molar-refractivity contribution in [2.45, 2.75) is 19.8 Å². The number of nitriles is 1. The second-order valence-electron chi connectivity index (χ2n) is 2.84. The molecule has 0 aromatic heterocycles. The van der Waals surface area contributed by atoms with E-state index in [-0.39, 0.29) is 0 Å². The molecule has 66 valence electrons. The van der Waals surface area contributed by atoms with E-state index in [4.69, 9.17) is 5.26 Å². The van der Waals surface area contributed by atoms with Gasteiger partial charge in [0.15, 0.2) is 0 Å². The van der Waals surface area contributed by atoms with Crippen LogP contribution >= 0.6 is 0 Å². The van der Waals surface area contributed by atoms with Crippen LogP contribution in [0.15, 0.2) is 30.3 Å². The topological polar surface area (TPSA) is 23.8 Å². The Kier molecular flexibility index (Phi) is 3.78. The van der Waals surface area contributed by atoms with Gasteiger partial charge in [-0.2, -0.15) is 5.26 Å². The first kappa shape index (κ1) is 9.54. The molecule has 1 nitrogen and oxygen atoms in total. The summed E-state index contributed by atoms with van der Waals surface area (Å²) >= 11 is 0. The summed E-state index contributed by atoms with van der Waals surface area (Å²) in [4.78, 5) is 0. The van der Waals surface area contributed by atoms with Crippen molar-refractivity contribution in [3.63, 3.8) is 0 Å². The van der Waals surface area contributed by atoms with E-state index < -0.39 is 0 Å². The molecule has 0 saturated carbocycles. The Morgan fingerprint density at radius 2 is 2.15 bits per heavy atom. The lowest BCUT2D eigenvalue weighted by Crippen LogP contribution is -1.85. The molecular formula is C12H13N. The molecule has 0 atom stereocenters. The monoisotopic (exact) mass is 171 g/mol. The molecule has 13 heavy (non-hydrogen) atoms. The molecule has 0 unspecified atom stereocenters. The third kappa shape index (κ3) is 2.76. The summed E-state index contributed by atoms with van der Waals surface area (Å²) in [6.07, 6.45) is 5.70. The third-order valence-corrected chi connectivity index (χ3v) is 1.86. The number of allylic oxidation sites excluding steroid dienone is 1. The Labute approximate surface area is 79.3 Å². The van der Waals surface area contributed by atoms with Gasteiger partial charge in [0.1, 0.15) is 0 Å². The van der Waals surface area contributed by atoms with Gasteiger partial charge in [-0.25, -0.2) is 0 Å². The average molecular weight is 171 g/mol. The molecular weight excluding hydrogens is 158 g/mol. The zero-order chi connectivity index (χ0) is 9.52. The lowest BCUT2D eigenvalue weighted by Gasteiger charge is -1.99. The van der Waals surface area contributed by atoms with Crippen LogP contribution in [-0.4, -0.2) is 0 Å². The number of nitrogens with zero attached hydrogens (tertiary/aromatic N) is 1. The first-order chi connectivity index (χ1) is 6.38. The minimum atomic E-state index is 0.490. The van der Waals surface area contributed by atoms with Crippen LogP contribution in [0, 0.1) is 11.3 Å². The largest absolute Gasteiger partial charge is 0.198 e. The van der Waals surface area contributed by atoms with Gasteiger partial charge in [-0.1, -0.05) is 43.3 Å². The Balaban J connectivity index is 2.92. The summed E-state index contributed by atoms with van der Waals surface area (Å²) in [5, 5.41) is 8.60. The van der Waals surface area contributed by atoms with E-state index in [0.717, 1.165) is 17.5 Å². The zero-order valence-corrected chi connectivity index (χ0v) is 7.83. The predicted octanol–water partition coefficient (Wildman–Crippen LogP) is 3.18. The van der Waals surface area contributed by atoms with Crippen molar-refractivity contribution in [2.24, 2.45) is 0 Å². The second kappa shape index (κ2) is 5.16. The lowest BCUT2D eigenvalue weighted by molar-refractivity contribution is 1.22. The highest BCUT2D eigenvalue weighted by atomic mass is 14.2.